The molecule has 0 bridgehead atoms. The highest BCUT2D eigenvalue weighted by Crippen LogP contribution is 2.20. The van der Waals surface area contributed by atoms with Crippen molar-refractivity contribution in [3.63, 3.8) is 0 Å². The summed E-state index contributed by atoms with van der Waals surface area (Å²) in [5.74, 6) is -5.50. The second-order valence-electron chi connectivity index (χ2n) is 14.4. The van der Waals surface area contributed by atoms with Gasteiger partial charge in [-0.05, 0) is 89.2 Å². The minimum Gasteiger partial charge on any atom is -0.480 e. The molecule has 1 saturated heterocycles. The molecule has 0 aromatic heterocycles. The zero-order valence-electron chi connectivity index (χ0n) is 33.4. The number of likely N-dealkylation sites (tertiary alicyclic amines) is 1. The van der Waals surface area contributed by atoms with E-state index in [2.05, 4.69) is 31.6 Å². The third-order valence-corrected chi connectivity index (χ3v) is 9.79. The highest BCUT2D eigenvalue weighted by Gasteiger charge is 2.41. The molecule has 0 unspecified atom stereocenters. The van der Waals surface area contributed by atoms with Crippen molar-refractivity contribution in [3.8, 4) is 0 Å². The Kier molecular flexibility index (Phi) is 23.7. The number of aliphatic hydroxyl groups excluding tert-OH is 2. The molecule has 21 nitrogen and oxygen atoms in total. The Morgan fingerprint density at radius 1 is 0.825 bits per heavy atom. The lowest BCUT2D eigenvalue weighted by atomic mass is 10.0. The number of unbranched alkanes of at least 4 members (excludes halogenated alkanes) is 1. The minimum atomic E-state index is -1.58. The van der Waals surface area contributed by atoms with E-state index >= 15 is 0 Å². The molecule has 326 valence electrons. The van der Waals surface area contributed by atoms with E-state index in [4.69, 9.17) is 22.9 Å². The number of nitrogens with two attached hydrogens (primary N) is 4. The monoisotopic (exact) mass is 831 g/mol. The van der Waals surface area contributed by atoms with Crippen molar-refractivity contribution in [1.29, 1.82) is 0 Å². The average molecular weight is 832 g/mol. The van der Waals surface area contributed by atoms with E-state index in [1.165, 1.54) is 18.7 Å². The summed E-state index contributed by atoms with van der Waals surface area (Å²) in [7, 11) is 0. The second kappa shape index (κ2) is 26.6. The van der Waals surface area contributed by atoms with Crippen LogP contribution in [0.2, 0.25) is 0 Å². The van der Waals surface area contributed by atoms with Crippen LogP contribution in [0.5, 0.6) is 0 Å². The van der Waals surface area contributed by atoms with Gasteiger partial charge in [0.1, 0.15) is 36.3 Å². The number of thioether (sulfide) groups is 1. The van der Waals surface area contributed by atoms with Gasteiger partial charge in [0.25, 0.3) is 0 Å². The summed E-state index contributed by atoms with van der Waals surface area (Å²) in [6.45, 7) is 4.69. The first-order valence-electron chi connectivity index (χ1n) is 19.2. The van der Waals surface area contributed by atoms with Gasteiger partial charge in [-0.1, -0.05) is 13.8 Å². The van der Waals surface area contributed by atoms with Crippen LogP contribution in [0, 0.1) is 5.92 Å². The van der Waals surface area contributed by atoms with Crippen molar-refractivity contribution in [2.75, 3.05) is 38.2 Å². The summed E-state index contributed by atoms with van der Waals surface area (Å²) in [5, 5.41) is 42.9. The summed E-state index contributed by atoms with van der Waals surface area (Å²) >= 11 is 1.44. The topological polar surface area (TPSA) is 360 Å². The largest absolute Gasteiger partial charge is 0.480 e. The molecular formula is C35H65N11O10S. The zero-order valence-corrected chi connectivity index (χ0v) is 34.2. The molecule has 57 heavy (non-hydrogen) atoms. The van der Waals surface area contributed by atoms with E-state index < -0.39 is 96.4 Å². The van der Waals surface area contributed by atoms with E-state index in [0.717, 1.165) is 4.90 Å². The van der Waals surface area contributed by atoms with Gasteiger partial charge in [-0.25, -0.2) is 4.79 Å². The zero-order chi connectivity index (χ0) is 43.2. The molecule has 16 N–H and O–H groups in total. The predicted octanol–water partition coefficient (Wildman–Crippen LogP) is -3.83. The Bertz CT molecular complexity index is 1370. The number of hydrogen-bond acceptors (Lipinski definition) is 13. The maximum Gasteiger partial charge on any atom is 0.326 e. The van der Waals surface area contributed by atoms with Crippen molar-refractivity contribution in [2.45, 2.75) is 127 Å². The number of nitrogens with zero attached hydrogens (tertiary/aromatic N) is 2. The van der Waals surface area contributed by atoms with Gasteiger partial charge in [0.15, 0.2) is 5.96 Å². The lowest BCUT2D eigenvalue weighted by molar-refractivity contribution is -0.145. The number of aliphatic imine (C=N–C) groups is 1. The lowest BCUT2D eigenvalue weighted by Gasteiger charge is -2.31. The summed E-state index contributed by atoms with van der Waals surface area (Å²) < 4.78 is 0. The van der Waals surface area contributed by atoms with Crippen molar-refractivity contribution < 1.29 is 48.9 Å². The van der Waals surface area contributed by atoms with Crippen molar-refractivity contribution in [2.24, 2.45) is 33.8 Å². The molecule has 0 aliphatic carbocycles. The molecule has 0 radical (unpaired) electrons. The third kappa shape index (κ3) is 18.3. The Hall–Kier alpha value is -4.25. The third-order valence-electron chi connectivity index (χ3n) is 9.15. The molecule has 0 aromatic rings. The second-order valence-corrected chi connectivity index (χ2v) is 15.4. The molecule has 1 aliphatic rings. The van der Waals surface area contributed by atoms with Crippen LogP contribution in [0.25, 0.3) is 0 Å². The molecule has 0 aromatic carbocycles. The number of nitrogens with one attached hydrogen (secondary N) is 5. The quantitative estimate of drug-likeness (QED) is 0.0214. The fraction of sp³-hybridized carbons (Fsp3) is 0.771. The maximum atomic E-state index is 13.8. The molecule has 1 aliphatic heterocycles. The Morgan fingerprint density at radius 3 is 1.96 bits per heavy atom. The molecule has 1 fully saturated rings. The van der Waals surface area contributed by atoms with Crippen LogP contribution in [-0.4, -0.2) is 154 Å². The SMILES string of the molecule is CSCC[C@H](NC(=O)[C@@H](N)CC(C)C)C(=O)N[C@H](C(=O)N1CCC[C@H]1C(=O)N[C@@H](CO)C(=O)N[C@@H](CCCCN)C(=O)N[C@@H](CCCN=C(N)N)C(=O)O)[C@@H](C)O. The first-order valence-corrected chi connectivity index (χ1v) is 20.6. The normalized spacial score (nSPS) is 17.6. The molecule has 22 heteroatoms. The Morgan fingerprint density at radius 2 is 1.40 bits per heavy atom. The highest BCUT2D eigenvalue weighted by molar-refractivity contribution is 7.98. The number of hydrogen-bond donors (Lipinski definition) is 12. The molecule has 1 heterocycles. The van der Waals surface area contributed by atoms with Crippen LogP contribution < -0.4 is 49.5 Å². The van der Waals surface area contributed by atoms with Gasteiger partial charge in [0.05, 0.1) is 18.8 Å². The standard InChI is InChI=1S/C35H65N11O10S/c1-19(2)17-21(37)28(49)41-23(12-16-57-4)30(51)45-27(20(3)48)33(54)46-15-8-11-26(46)32(53)44-25(18-47)31(52)42-22(9-5-6-13-36)29(50)43-24(34(55)56)10-7-14-40-35(38)39/h19-27,47-48H,5-18,36-37H2,1-4H3,(H,41,49)(H,42,52)(H,43,50)(H,44,53)(H,45,51)(H,55,56)(H4,38,39,40)/t20-,21+,22+,23+,24+,25+,26+,27+/m1/s1. The van der Waals surface area contributed by atoms with Gasteiger partial charge in [0.2, 0.25) is 35.4 Å². The fourth-order valence-electron chi connectivity index (χ4n) is 6.05. The first-order chi connectivity index (χ1) is 26.9. The smallest absolute Gasteiger partial charge is 0.326 e. The van der Waals surface area contributed by atoms with Gasteiger partial charge < -0.3 is 69.7 Å². The van der Waals surface area contributed by atoms with E-state index in [0.29, 0.717) is 38.0 Å². The van der Waals surface area contributed by atoms with Gasteiger partial charge >= 0.3 is 5.97 Å². The van der Waals surface area contributed by atoms with Crippen LogP contribution in [0.1, 0.15) is 78.6 Å². The summed E-state index contributed by atoms with van der Waals surface area (Å²) in [4.78, 5) is 97.0. The molecule has 0 saturated carbocycles. The van der Waals surface area contributed by atoms with Crippen LogP contribution in [0.15, 0.2) is 4.99 Å². The van der Waals surface area contributed by atoms with Gasteiger partial charge in [0, 0.05) is 13.1 Å². The molecule has 6 amide bonds. The summed E-state index contributed by atoms with van der Waals surface area (Å²) in [6, 6.07) is -8.75. The lowest BCUT2D eigenvalue weighted by Crippen LogP contribution is -2.61. The van der Waals surface area contributed by atoms with Crippen molar-refractivity contribution in [3.05, 3.63) is 0 Å². The number of aliphatic carboxylic acids is 1. The van der Waals surface area contributed by atoms with Crippen LogP contribution >= 0.6 is 11.8 Å². The number of amides is 6. The number of carbonyl (C=O) groups excluding carboxylic acids is 6. The predicted molar refractivity (Wildman–Crippen MR) is 214 cm³/mol. The highest BCUT2D eigenvalue weighted by atomic mass is 32.2. The fourth-order valence-corrected chi connectivity index (χ4v) is 6.52. The van der Waals surface area contributed by atoms with Crippen molar-refractivity contribution >= 4 is 59.1 Å². The minimum absolute atomic E-state index is 0.0187. The van der Waals surface area contributed by atoms with Crippen LogP contribution in [0.4, 0.5) is 0 Å². The summed E-state index contributed by atoms with van der Waals surface area (Å²) in [5.41, 5.74) is 22.2. The number of carboxylic acids is 1. The molecule has 8 atom stereocenters. The van der Waals surface area contributed by atoms with Crippen LogP contribution in [-0.2, 0) is 33.6 Å². The number of carbonyl (C=O) groups is 7. The molecule has 1 rings (SSSR count). The number of rotatable bonds is 27. The van der Waals surface area contributed by atoms with E-state index in [-0.39, 0.29) is 57.1 Å². The van der Waals surface area contributed by atoms with Gasteiger partial charge in [-0.3, -0.25) is 33.8 Å². The summed E-state index contributed by atoms with van der Waals surface area (Å²) in [6.07, 6.45) is 2.66. The van der Waals surface area contributed by atoms with E-state index in [1.807, 2.05) is 20.1 Å². The average Bonchev–Trinajstić information content (AvgIpc) is 3.64. The number of carboxylic acid groups (broad SMARTS) is 1. The number of guanidine groups is 1. The Labute approximate surface area is 338 Å². The Balaban J connectivity index is 3.11. The first kappa shape index (κ1) is 50.8. The maximum absolute atomic E-state index is 13.8. The molecule has 0 spiro atoms. The van der Waals surface area contributed by atoms with Gasteiger partial charge in [-0.15, -0.1) is 0 Å². The van der Waals surface area contributed by atoms with Gasteiger partial charge in [-0.2, -0.15) is 11.8 Å². The number of aliphatic hydroxyl groups is 2. The van der Waals surface area contributed by atoms with Crippen molar-refractivity contribution in [1.82, 2.24) is 31.5 Å². The van der Waals surface area contributed by atoms with E-state index in [1.54, 1.807) is 0 Å². The molecular weight excluding hydrogens is 767 g/mol. The van der Waals surface area contributed by atoms with E-state index in [9.17, 15) is 48.9 Å². The van der Waals surface area contributed by atoms with Crippen LogP contribution in [0.3, 0.4) is 0 Å².